The standard InChI is InChI=1S/C10H15N3O.CH4/c11-9-4-8(5-13-6-9)10(12)2-1-3-14-7-10;/h4-6H,1-3,7,11-12H2;1H4. The zero-order valence-corrected chi connectivity index (χ0v) is 8.07. The number of hydrogen-bond donors (Lipinski definition) is 2. The van der Waals surface area contributed by atoms with Crippen LogP contribution in [-0.4, -0.2) is 18.2 Å². The van der Waals surface area contributed by atoms with Gasteiger partial charge >= 0.3 is 0 Å². The van der Waals surface area contributed by atoms with E-state index in [2.05, 4.69) is 4.98 Å². The van der Waals surface area contributed by atoms with Crippen LogP contribution in [-0.2, 0) is 10.3 Å². The first kappa shape index (κ1) is 11.9. The Morgan fingerprint density at radius 3 is 2.80 bits per heavy atom. The largest absolute Gasteiger partial charge is 0.397 e. The minimum atomic E-state index is -0.402. The lowest BCUT2D eigenvalue weighted by Crippen LogP contribution is -2.44. The zero-order chi connectivity index (χ0) is 10.0. The van der Waals surface area contributed by atoms with Crippen molar-refractivity contribution in [1.82, 2.24) is 4.98 Å². The van der Waals surface area contributed by atoms with Gasteiger partial charge in [-0.25, -0.2) is 0 Å². The predicted molar refractivity (Wildman–Crippen MR) is 61.3 cm³/mol. The normalized spacial score (nSPS) is 25.7. The van der Waals surface area contributed by atoms with Crippen molar-refractivity contribution in [3.05, 3.63) is 24.0 Å². The highest BCUT2D eigenvalue weighted by molar-refractivity contribution is 5.39. The van der Waals surface area contributed by atoms with E-state index in [0.29, 0.717) is 12.3 Å². The summed E-state index contributed by atoms with van der Waals surface area (Å²) in [6.07, 6.45) is 5.31. The van der Waals surface area contributed by atoms with Crippen LogP contribution in [0.3, 0.4) is 0 Å². The van der Waals surface area contributed by atoms with Gasteiger partial charge in [-0.05, 0) is 24.5 Å². The molecule has 0 bridgehead atoms. The van der Waals surface area contributed by atoms with Crippen molar-refractivity contribution in [1.29, 1.82) is 0 Å². The molecule has 1 aromatic rings. The Kier molecular flexibility index (Phi) is 3.66. The maximum Gasteiger partial charge on any atom is 0.0688 e. The van der Waals surface area contributed by atoms with Gasteiger partial charge in [0.2, 0.25) is 0 Å². The third-order valence-corrected chi connectivity index (χ3v) is 2.61. The van der Waals surface area contributed by atoms with Gasteiger partial charge in [-0.2, -0.15) is 0 Å². The van der Waals surface area contributed by atoms with Crippen molar-refractivity contribution >= 4 is 5.69 Å². The Morgan fingerprint density at radius 1 is 1.40 bits per heavy atom. The third kappa shape index (κ3) is 2.46. The molecule has 84 valence electrons. The van der Waals surface area contributed by atoms with E-state index in [4.69, 9.17) is 16.2 Å². The van der Waals surface area contributed by atoms with Crippen LogP contribution in [0, 0.1) is 0 Å². The Balaban J connectivity index is 0.00000112. The fraction of sp³-hybridized carbons (Fsp3) is 0.545. The summed E-state index contributed by atoms with van der Waals surface area (Å²) in [6, 6.07) is 1.88. The predicted octanol–water partition coefficient (Wildman–Crippen LogP) is 1.26. The summed E-state index contributed by atoms with van der Waals surface area (Å²) in [5.41, 5.74) is 13.1. The van der Waals surface area contributed by atoms with Crippen molar-refractivity contribution in [2.75, 3.05) is 18.9 Å². The number of hydrogen-bond acceptors (Lipinski definition) is 4. The Morgan fingerprint density at radius 2 is 2.20 bits per heavy atom. The van der Waals surface area contributed by atoms with Gasteiger partial charge in [0.15, 0.2) is 0 Å². The first-order chi connectivity index (χ1) is 6.71. The zero-order valence-electron chi connectivity index (χ0n) is 8.07. The number of nitrogens with zero attached hydrogens (tertiary/aromatic N) is 1. The molecule has 4 N–H and O–H groups in total. The first-order valence-corrected chi connectivity index (χ1v) is 4.78. The second-order valence-electron chi connectivity index (χ2n) is 3.82. The smallest absolute Gasteiger partial charge is 0.0688 e. The summed E-state index contributed by atoms with van der Waals surface area (Å²) >= 11 is 0. The third-order valence-electron chi connectivity index (χ3n) is 2.61. The van der Waals surface area contributed by atoms with Crippen LogP contribution >= 0.6 is 0 Å². The minimum absolute atomic E-state index is 0. The van der Waals surface area contributed by atoms with E-state index in [0.717, 1.165) is 25.0 Å². The minimum Gasteiger partial charge on any atom is -0.397 e. The molecular weight excluding hydrogens is 190 g/mol. The molecule has 1 aliphatic heterocycles. The Bertz CT molecular complexity index is 321. The average molecular weight is 209 g/mol. The molecule has 4 nitrogen and oxygen atoms in total. The number of nitrogen functional groups attached to an aromatic ring is 1. The molecule has 1 saturated heterocycles. The van der Waals surface area contributed by atoms with E-state index in [-0.39, 0.29) is 7.43 Å². The van der Waals surface area contributed by atoms with Crippen molar-refractivity contribution < 1.29 is 4.74 Å². The summed E-state index contributed by atoms with van der Waals surface area (Å²) in [5.74, 6) is 0. The van der Waals surface area contributed by atoms with Crippen LogP contribution in [0.5, 0.6) is 0 Å². The van der Waals surface area contributed by atoms with Crippen LogP contribution < -0.4 is 11.5 Å². The Hall–Kier alpha value is -1.13. The molecule has 2 rings (SSSR count). The molecule has 0 saturated carbocycles. The van der Waals surface area contributed by atoms with Crippen molar-refractivity contribution in [3.63, 3.8) is 0 Å². The van der Waals surface area contributed by atoms with Crippen molar-refractivity contribution in [3.8, 4) is 0 Å². The van der Waals surface area contributed by atoms with Gasteiger partial charge in [0.1, 0.15) is 0 Å². The van der Waals surface area contributed by atoms with Gasteiger partial charge in [-0.1, -0.05) is 7.43 Å². The molecule has 1 fully saturated rings. The van der Waals surface area contributed by atoms with Crippen molar-refractivity contribution in [2.45, 2.75) is 25.8 Å². The monoisotopic (exact) mass is 209 g/mol. The fourth-order valence-electron chi connectivity index (χ4n) is 1.77. The second kappa shape index (κ2) is 4.59. The molecule has 1 aromatic heterocycles. The van der Waals surface area contributed by atoms with Crippen LogP contribution in [0.15, 0.2) is 18.5 Å². The summed E-state index contributed by atoms with van der Waals surface area (Å²) in [5, 5.41) is 0. The molecule has 1 unspecified atom stereocenters. The van der Waals surface area contributed by atoms with Gasteiger partial charge in [-0.3, -0.25) is 4.98 Å². The van der Waals surface area contributed by atoms with Gasteiger partial charge in [-0.15, -0.1) is 0 Å². The van der Waals surface area contributed by atoms with Crippen molar-refractivity contribution in [2.24, 2.45) is 5.73 Å². The molecule has 1 aliphatic rings. The number of ether oxygens (including phenoxy) is 1. The van der Waals surface area contributed by atoms with E-state index in [1.165, 1.54) is 0 Å². The highest BCUT2D eigenvalue weighted by Crippen LogP contribution is 2.27. The molecule has 0 spiro atoms. The molecule has 0 aromatic carbocycles. The lowest BCUT2D eigenvalue weighted by atomic mass is 9.87. The maximum absolute atomic E-state index is 6.23. The highest BCUT2D eigenvalue weighted by Gasteiger charge is 2.30. The molecule has 0 amide bonds. The van der Waals surface area contributed by atoms with Crippen LogP contribution in [0.4, 0.5) is 5.69 Å². The Labute approximate surface area is 90.6 Å². The number of pyridine rings is 1. The molecule has 2 heterocycles. The number of nitrogens with two attached hydrogens (primary N) is 2. The number of rotatable bonds is 1. The van der Waals surface area contributed by atoms with Crippen LogP contribution in [0.2, 0.25) is 0 Å². The van der Waals surface area contributed by atoms with Gasteiger partial charge in [0.05, 0.1) is 17.8 Å². The SMILES string of the molecule is C.Nc1cncc(C2(N)CCCOC2)c1. The van der Waals surface area contributed by atoms with E-state index < -0.39 is 5.54 Å². The van der Waals surface area contributed by atoms with E-state index in [1.54, 1.807) is 12.4 Å². The molecule has 1 atom stereocenters. The number of anilines is 1. The lowest BCUT2D eigenvalue weighted by Gasteiger charge is -2.33. The first-order valence-electron chi connectivity index (χ1n) is 4.78. The summed E-state index contributed by atoms with van der Waals surface area (Å²) < 4.78 is 5.39. The number of aromatic nitrogens is 1. The van der Waals surface area contributed by atoms with E-state index in [1.807, 2.05) is 6.07 Å². The van der Waals surface area contributed by atoms with E-state index >= 15 is 0 Å². The lowest BCUT2D eigenvalue weighted by molar-refractivity contribution is 0.0366. The van der Waals surface area contributed by atoms with E-state index in [9.17, 15) is 0 Å². The molecule has 0 radical (unpaired) electrons. The second-order valence-corrected chi connectivity index (χ2v) is 3.82. The van der Waals surface area contributed by atoms with Gasteiger partial charge in [0, 0.05) is 19.0 Å². The molecule has 4 heteroatoms. The summed E-state index contributed by atoms with van der Waals surface area (Å²) in [4.78, 5) is 4.04. The fourth-order valence-corrected chi connectivity index (χ4v) is 1.77. The summed E-state index contributed by atoms with van der Waals surface area (Å²) in [7, 11) is 0. The highest BCUT2D eigenvalue weighted by atomic mass is 16.5. The van der Waals surface area contributed by atoms with Crippen LogP contribution in [0.1, 0.15) is 25.8 Å². The van der Waals surface area contributed by atoms with Gasteiger partial charge < -0.3 is 16.2 Å². The summed E-state index contributed by atoms with van der Waals surface area (Å²) in [6.45, 7) is 1.35. The van der Waals surface area contributed by atoms with Gasteiger partial charge in [0.25, 0.3) is 0 Å². The average Bonchev–Trinajstić information content (AvgIpc) is 2.19. The topological polar surface area (TPSA) is 74.2 Å². The quantitative estimate of drug-likeness (QED) is 0.730. The maximum atomic E-state index is 6.23. The molecular formula is C11H19N3O. The molecule has 0 aliphatic carbocycles. The van der Waals surface area contributed by atoms with Crippen LogP contribution in [0.25, 0.3) is 0 Å². The molecule has 15 heavy (non-hydrogen) atoms.